The first kappa shape index (κ1) is 24.9. The van der Waals surface area contributed by atoms with Crippen molar-refractivity contribution in [2.24, 2.45) is 0 Å². The second kappa shape index (κ2) is 11.5. The molecule has 2 amide bonds. The number of anilines is 2. The summed E-state index contributed by atoms with van der Waals surface area (Å²) in [6.07, 6.45) is 0. The van der Waals surface area contributed by atoms with Crippen LogP contribution >= 0.6 is 35.0 Å². The van der Waals surface area contributed by atoms with E-state index >= 15 is 0 Å². The van der Waals surface area contributed by atoms with E-state index in [1.54, 1.807) is 30.3 Å². The number of hydrogen-bond acceptors (Lipinski definition) is 3. The van der Waals surface area contributed by atoms with E-state index in [2.05, 4.69) is 10.6 Å². The van der Waals surface area contributed by atoms with Crippen LogP contribution in [0.5, 0.6) is 0 Å². The summed E-state index contributed by atoms with van der Waals surface area (Å²) in [5, 5.41) is 6.50. The first-order valence-electron chi connectivity index (χ1n) is 10.9. The molecule has 4 nitrogen and oxygen atoms in total. The number of benzene rings is 4. The van der Waals surface area contributed by atoms with Gasteiger partial charge in [0.2, 0.25) is 5.91 Å². The SMILES string of the molecule is Cc1c(Cl)cccc1NC(=O)C(Sc1ccc(NC(=O)c2cccc(Cl)c2)cc1)c1ccccc1. The summed E-state index contributed by atoms with van der Waals surface area (Å²) in [4.78, 5) is 26.7. The molecule has 0 aromatic heterocycles. The Morgan fingerprint density at radius 2 is 1.51 bits per heavy atom. The summed E-state index contributed by atoms with van der Waals surface area (Å²) in [7, 11) is 0. The van der Waals surface area contributed by atoms with Crippen molar-refractivity contribution < 1.29 is 9.59 Å². The lowest BCUT2D eigenvalue weighted by Crippen LogP contribution is -2.19. The lowest BCUT2D eigenvalue weighted by Gasteiger charge is -2.18. The van der Waals surface area contributed by atoms with Crippen LogP contribution in [-0.4, -0.2) is 11.8 Å². The van der Waals surface area contributed by atoms with Gasteiger partial charge in [0.15, 0.2) is 0 Å². The molecule has 0 bridgehead atoms. The highest BCUT2D eigenvalue weighted by Crippen LogP contribution is 2.37. The van der Waals surface area contributed by atoms with E-state index in [0.29, 0.717) is 27.0 Å². The maximum Gasteiger partial charge on any atom is 0.255 e. The highest BCUT2D eigenvalue weighted by Gasteiger charge is 2.23. The Morgan fingerprint density at radius 1 is 0.800 bits per heavy atom. The molecule has 1 atom stereocenters. The predicted octanol–water partition coefficient (Wildman–Crippen LogP) is 8.03. The van der Waals surface area contributed by atoms with Crippen molar-refractivity contribution in [3.8, 4) is 0 Å². The van der Waals surface area contributed by atoms with Gasteiger partial charge in [0.05, 0.1) is 0 Å². The van der Waals surface area contributed by atoms with Crippen molar-refractivity contribution in [3.05, 3.63) is 124 Å². The van der Waals surface area contributed by atoms with Crippen LogP contribution in [0.4, 0.5) is 11.4 Å². The quantitative estimate of drug-likeness (QED) is 0.242. The molecule has 4 aromatic carbocycles. The molecule has 0 aliphatic carbocycles. The first-order valence-corrected chi connectivity index (χ1v) is 12.5. The Balaban J connectivity index is 1.50. The zero-order valence-electron chi connectivity index (χ0n) is 18.8. The van der Waals surface area contributed by atoms with Gasteiger partial charge in [0.25, 0.3) is 5.91 Å². The van der Waals surface area contributed by atoms with Crippen molar-refractivity contribution in [1.82, 2.24) is 0 Å². The summed E-state index contributed by atoms with van der Waals surface area (Å²) in [5.41, 5.74) is 3.51. The number of rotatable bonds is 7. The third-order valence-corrected chi connectivity index (χ3v) is 7.23. The van der Waals surface area contributed by atoms with E-state index in [0.717, 1.165) is 16.0 Å². The van der Waals surface area contributed by atoms with E-state index in [9.17, 15) is 9.59 Å². The molecule has 0 fully saturated rings. The van der Waals surface area contributed by atoms with E-state index in [-0.39, 0.29) is 11.8 Å². The molecular weight excluding hydrogens is 499 g/mol. The molecule has 0 heterocycles. The summed E-state index contributed by atoms with van der Waals surface area (Å²) in [5.74, 6) is -0.392. The minimum absolute atomic E-state index is 0.148. The van der Waals surface area contributed by atoms with Crippen LogP contribution in [0, 0.1) is 6.92 Å². The largest absolute Gasteiger partial charge is 0.325 e. The molecular formula is C28H22Cl2N2O2S. The number of thioether (sulfide) groups is 1. The second-order valence-corrected chi connectivity index (χ2v) is 9.82. The highest BCUT2D eigenvalue weighted by atomic mass is 35.5. The fourth-order valence-corrected chi connectivity index (χ4v) is 4.82. The third-order valence-electron chi connectivity index (χ3n) is 5.32. The zero-order chi connectivity index (χ0) is 24.8. The number of amides is 2. The van der Waals surface area contributed by atoms with Crippen LogP contribution in [0.15, 0.2) is 102 Å². The summed E-state index contributed by atoms with van der Waals surface area (Å²) in [6.45, 7) is 1.87. The van der Waals surface area contributed by atoms with Gasteiger partial charge in [-0.25, -0.2) is 0 Å². The van der Waals surface area contributed by atoms with Crippen molar-refractivity contribution in [1.29, 1.82) is 0 Å². The maximum absolute atomic E-state index is 13.3. The normalized spacial score (nSPS) is 11.5. The Bertz CT molecular complexity index is 1340. The van der Waals surface area contributed by atoms with Gasteiger partial charge in [-0.1, -0.05) is 65.7 Å². The van der Waals surface area contributed by atoms with Gasteiger partial charge in [-0.2, -0.15) is 0 Å². The van der Waals surface area contributed by atoms with Gasteiger partial charge in [-0.05, 0) is 72.6 Å². The predicted molar refractivity (Wildman–Crippen MR) is 146 cm³/mol. The van der Waals surface area contributed by atoms with E-state index in [1.165, 1.54) is 11.8 Å². The number of halogens is 2. The van der Waals surface area contributed by atoms with Crippen LogP contribution in [0.2, 0.25) is 10.0 Å². The molecule has 35 heavy (non-hydrogen) atoms. The molecule has 0 saturated heterocycles. The van der Waals surface area contributed by atoms with Gasteiger partial charge in [-0.15, -0.1) is 11.8 Å². The van der Waals surface area contributed by atoms with Gasteiger partial charge >= 0.3 is 0 Å². The Labute approximate surface area is 218 Å². The molecule has 0 aliphatic heterocycles. The average Bonchev–Trinajstić information content (AvgIpc) is 2.87. The van der Waals surface area contributed by atoms with E-state index in [1.807, 2.05) is 73.7 Å². The summed E-state index contributed by atoms with van der Waals surface area (Å²) in [6, 6.07) is 29.2. The Kier molecular flexibility index (Phi) is 8.13. The van der Waals surface area contributed by atoms with Crippen molar-refractivity contribution in [3.63, 3.8) is 0 Å². The van der Waals surface area contributed by atoms with Crippen molar-refractivity contribution in [2.45, 2.75) is 17.1 Å². The Hall–Kier alpha value is -3.25. The van der Waals surface area contributed by atoms with Gasteiger partial charge in [0, 0.05) is 31.9 Å². The molecule has 0 radical (unpaired) electrons. The average molecular weight is 521 g/mol. The highest BCUT2D eigenvalue weighted by molar-refractivity contribution is 8.00. The van der Waals surface area contributed by atoms with Crippen molar-refractivity contribution >= 4 is 58.2 Å². The zero-order valence-corrected chi connectivity index (χ0v) is 21.1. The Morgan fingerprint density at radius 3 is 2.23 bits per heavy atom. The lowest BCUT2D eigenvalue weighted by molar-refractivity contribution is -0.115. The second-order valence-electron chi connectivity index (χ2n) is 7.80. The topological polar surface area (TPSA) is 58.2 Å². The summed E-state index contributed by atoms with van der Waals surface area (Å²) >= 11 is 13.6. The lowest BCUT2D eigenvalue weighted by atomic mass is 10.1. The fraction of sp³-hybridized carbons (Fsp3) is 0.0714. The molecule has 176 valence electrons. The first-order chi connectivity index (χ1) is 16.9. The molecule has 2 N–H and O–H groups in total. The van der Waals surface area contributed by atoms with Crippen molar-refractivity contribution in [2.75, 3.05) is 10.6 Å². The monoisotopic (exact) mass is 520 g/mol. The van der Waals surface area contributed by atoms with Crippen LogP contribution in [0.3, 0.4) is 0 Å². The fourth-order valence-electron chi connectivity index (χ4n) is 3.43. The van der Waals surface area contributed by atoms with E-state index in [4.69, 9.17) is 23.2 Å². The van der Waals surface area contributed by atoms with Crippen LogP contribution in [-0.2, 0) is 4.79 Å². The minimum atomic E-state index is -0.485. The molecule has 1 unspecified atom stereocenters. The molecule has 0 aliphatic rings. The van der Waals surface area contributed by atoms with Gasteiger partial charge in [0.1, 0.15) is 5.25 Å². The molecule has 7 heteroatoms. The van der Waals surface area contributed by atoms with Gasteiger partial charge in [-0.3, -0.25) is 9.59 Å². The third kappa shape index (κ3) is 6.45. The van der Waals surface area contributed by atoms with Crippen LogP contribution < -0.4 is 10.6 Å². The number of nitrogens with one attached hydrogen (secondary N) is 2. The van der Waals surface area contributed by atoms with Crippen LogP contribution in [0.1, 0.15) is 26.7 Å². The number of carbonyl (C=O) groups excluding carboxylic acids is 2. The van der Waals surface area contributed by atoms with Gasteiger partial charge < -0.3 is 10.6 Å². The molecule has 0 saturated carbocycles. The molecule has 0 spiro atoms. The van der Waals surface area contributed by atoms with E-state index < -0.39 is 5.25 Å². The smallest absolute Gasteiger partial charge is 0.255 e. The molecule has 4 rings (SSSR count). The number of carbonyl (C=O) groups is 2. The van der Waals surface area contributed by atoms with Crippen LogP contribution in [0.25, 0.3) is 0 Å². The standard InChI is InChI=1S/C28H22Cl2N2O2S/c1-18-24(30)11-6-12-25(18)32-28(34)26(19-7-3-2-4-8-19)35-23-15-13-22(14-16-23)31-27(33)20-9-5-10-21(29)17-20/h2-17,26H,1H3,(H,31,33)(H,32,34). The number of hydrogen-bond donors (Lipinski definition) is 2. The maximum atomic E-state index is 13.3. The molecule has 4 aromatic rings. The minimum Gasteiger partial charge on any atom is -0.325 e. The summed E-state index contributed by atoms with van der Waals surface area (Å²) < 4.78 is 0.